The molecule has 0 saturated heterocycles. The molecule has 0 spiro atoms. The number of fused-ring (bicyclic) bond motifs is 3. The van der Waals surface area contributed by atoms with Gasteiger partial charge in [0.2, 0.25) is 0 Å². The highest BCUT2D eigenvalue weighted by atomic mass is 35.5. The maximum absolute atomic E-state index is 6.29. The first-order chi connectivity index (χ1) is 13.2. The van der Waals surface area contributed by atoms with Crippen molar-refractivity contribution in [2.24, 2.45) is 5.92 Å². The van der Waals surface area contributed by atoms with E-state index in [1.54, 1.807) is 0 Å². The summed E-state index contributed by atoms with van der Waals surface area (Å²) in [6.45, 7) is 3.32. The van der Waals surface area contributed by atoms with Gasteiger partial charge in [0.15, 0.2) is 0 Å². The van der Waals surface area contributed by atoms with Crippen LogP contribution in [0.5, 0.6) is 0 Å². The number of hydrogen-bond donors (Lipinski definition) is 2. The van der Waals surface area contributed by atoms with Crippen molar-refractivity contribution in [3.05, 3.63) is 76.5 Å². The Labute approximate surface area is 165 Å². The average Bonchev–Trinajstić information content (AvgIpc) is 3.07. The van der Waals surface area contributed by atoms with Crippen LogP contribution < -0.4 is 5.32 Å². The van der Waals surface area contributed by atoms with Gasteiger partial charge in [-0.15, -0.1) is 0 Å². The van der Waals surface area contributed by atoms with E-state index < -0.39 is 0 Å². The van der Waals surface area contributed by atoms with Gasteiger partial charge in [-0.05, 0) is 66.0 Å². The largest absolute Gasteiger partial charge is 0.358 e. The molecule has 3 atom stereocenters. The van der Waals surface area contributed by atoms with Crippen LogP contribution in [0.1, 0.15) is 42.5 Å². The Balaban J connectivity index is 1.43. The van der Waals surface area contributed by atoms with E-state index in [1.807, 2.05) is 6.07 Å². The van der Waals surface area contributed by atoms with Crippen LogP contribution in [0.25, 0.3) is 16.5 Å². The number of nitrogens with one attached hydrogen (secondary N) is 2. The lowest BCUT2D eigenvalue weighted by Gasteiger charge is -2.36. The molecule has 0 radical (unpaired) electrons. The van der Waals surface area contributed by atoms with Gasteiger partial charge in [-0.25, -0.2) is 0 Å². The highest BCUT2D eigenvalue weighted by Crippen LogP contribution is 2.41. The Bertz CT molecular complexity index is 1000. The van der Waals surface area contributed by atoms with Gasteiger partial charge in [0.1, 0.15) is 0 Å². The fourth-order valence-corrected chi connectivity index (χ4v) is 5.22. The van der Waals surface area contributed by atoms with E-state index in [-0.39, 0.29) is 0 Å². The molecule has 1 aromatic heterocycles. The van der Waals surface area contributed by atoms with Gasteiger partial charge in [0.25, 0.3) is 0 Å². The lowest BCUT2D eigenvalue weighted by Crippen LogP contribution is -2.41. The zero-order valence-electron chi connectivity index (χ0n) is 15.6. The minimum atomic E-state index is 0.532. The number of aromatic amines is 1. The molecule has 3 aromatic rings. The second-order valence-electron chi connectivity index (χ2n) is 8.12. The molecule has 0 fully saturated rings. The van der Waals surface area contributed by atoms with Crippen molar-refractivity contribution >= 4 is 28.1 Å². The average molecular weight is 377 g/mol. The van der Waals surface area contributed by atoms with Gasteiger partial charge in [0.05, 0.1) is 0 Å². The Morgan fingerprint density at radius 3 is 2.74 bits per heavy atom. The van der Waals surface area contributed by atoms with Crippen LogP contribution in [0.4, 0.5) is 0 Å². The smallest absolute Gasteiger partial charge is 0.0460 e. The van der Waals surface area contributed by atoms with Crippen LogP contribution in [0.15, 0.2) is 54.6 Å². The maximum atomic E-state index is 6.29. The van der Waals surface area contributed by atoms with Gasteiger partial charge in [0, 0.05) is 34.2 Å². The third-order valence-corrected chi connectivity index (χ3v) is 6.63. The van der Waals surface area contributed by atoms with Crippen molar-refractivity contribution in [2.45, 2.75) is 38.1 Å². The van der Waals surface area contributed by atoms with Gasteiger partial charge >= 0.3 is 0 Å². The van der Waals surface area contributed by atoms with Crippen LogP contribution >= 0.6 is 11.6 Å². The van der Waals surface area contributed by atoms with E-state index in [0.717, 1.165) is 24.4 Å². The van der Waals surface area contributed by atoms with E-state index in [2.05, 4.69) is 65.8 Å². The maximum Gasteiger partial charge on any atom is 0.0460 e. The molecule has 2 aromatic carbocycles. The third-order valence-electron chi connectivity index (χ3n) is 6.40. The van der Waals surface area contributed by atoms with Crippen LogP contribution in [0.2, 0.25) is 5.02 Å². The number of aromatic nitrogens is 1. The summed E-state index contributed by atoms with van der Waals surface area (Å²) in [7, 11) is 0. The monoisotopic (exact) mass is 376 g/mol. The van der Waals surface area contributed by atoms with Crippen molar-refractivity contribution < 1.29 is 0 Å². The normalized spacial score (nSPS) is 25.3. The molecule has 5 rings (SSSR count). The molecule has 1 aliphatic carbocycles. The topological polar surface area (TPSA) is 27.8 Å². The molecular weight excluding hydrogens is 352 g/mol. The summed E-state index contributed by atoms with van der Waals surface area (Å²) in [6.07, 6.45) is 5.82. The van der Waals surface area contributed by atoms with Gasteiger partial charge < -0.3 is 10.3 Å². The van der Waals surface area contributed by atoms with Gasteiger partial charge in [-0.3, -0.25) is 0 Å². The Morgan fingerprint density at radius 1 is 1.04 bits per heavy atom. The Kier molecular flexibility index (Phi) is 4.34. The number of rotatable bonds is 2. The Morgan fingerprint density at radius 2 is 1.89 bits per heavy atom. The standard InChI is InChI=1S/C24H25ClN2/c1-15-11-18(12-21-20-14-19(25)7-8-22(20)27-24(15)21)23-13-17(9-10-26-23)16-5-3-2-4-6-16/h2-9,14-15,18,23,26-27H,10-13H2,1H3. The van der Waals surface area contributed by atoms with E-state index in [0.29, 0.717) is 17.9 Å². The van der Waals surface area contributed by atoms with Crippen molar-refractivity contribution in [1.29, 1.82) is 0 Å². The zero-order valence-corrected chi connectivity index (χ0v) is 16.4. The fraction of sp³-hybridized carbons (Fsp3) is 0.333. The summed E-state index contributed by atoms with van der Waals surface area (Å²) in [5.74, 6) is 1.20. The second kappa shape index (κ2) is 6.85. The predicted octanol–water partition coefficient (Wildman–Crippen LogP) is 5.93. The van der Waals surface area contributed by atoms with Crippen LogP contribution in [-0.2, 0) is 6.42 Å². The second-order valence-corrected chi connectivity index (χ2v) is 8.56. The zero-order chi connectivity index (χ0) is 18.4. The molecule has 138 valence electrons. The molecule has 1 aliphatic heterocycles. The summed E-state index contributed by atoms with van der Waals surface area (Å²) < 4.78 is 0. The van der Waals surface area contributed by atoms with Crippen LogP contribution in [0, 0.1) is 5.92 Å². The molecule has 3 heteroatoms. The lowest BCUT2D eigenvalue weighted by molar-refractivity contribution is 0.306. The van der Waals surface area contributed by atoms with E-state index in [1.165, 1.54) is 39.7 Å². The number of halogens is 1. The summed E-state index contributed by atoms with van der Waals surface area (Å²) in [5.41, 5.74) is 6.97. The molecule has 2 nitrogen and oxygen atoms in total. The first kappa shape index (κ1) is 17.1. The van der Waals surface area contributed by atoms with Crippen molar-refractivity contribution in [2.75, 3.05) is 6.54 Å². The molecule has 27 heavy (non-hydrogen) atoms. The van der Waals surface area contributed by atoms with Gasteiger partial charge in [-0.2, -0.15) is 0 Å². The summed E-state index contributed by atoms with van der Waals surface area (Å²) in [4.78, 5) is 3.66. The number of hydrogen-bond acceptors (Lipinski definition) is 1. The fourth-order valence-electron chi connectivity index (χ4n) is 5.05. The molecule has 3 unspecified atom stereocenters. The van der Waals surface area contributed by atoms with E-state index in [9.17, 15) is 0 Å². The predicted molar refractivity (Wildman–Crippen MR) is 114 cm³/mol. The summed E-state index contributed by atoms with van der Waals surface area (Å²) in [5, 5.41) is 5.91. The first-order valence-electron chi connectivity index (χ1n) is 9.97. The first-order valence-corrected chi connectivity index (χ1v) is 10.3. The van der Waals surface area contributed by atoms with Crippen LogP contribution in [0.3, 0.4) is 0 Å². The van der Waals surface area contributed by atoms with Gasteiger partial charge in [-0.1, -0.05) is 54.9 Å². The minimum Gasteiger partial charge on any atom is -0.358 e. The third kappa shape index (κ3) is 3.11. The molecular formula is C24H25ClN2. The molecule has 2 aliphatic rings. The minimum absolute atomic E-state index is 0.532. The summed E-state index contributed by atoms with van der Waals surface area (Å²) in [6, 6.07) is 17.6. The van der Waals surface area contributed by atoms with Crippen molar-refractivity contribution in [3.63, 3.8) is 0 Å². The van der Waals surface area contributed by atoms with Crippen molar-refractivity contribution in [1.82, 2.24) is 10.3 Å². The number of H-pyrrole nitrogens is 1. The summed E-state index contributed by atoms with van der Waals surface area (Å²) >= 11 is 6.29. The molecule has 2 heterocycles. The molecule has 0 amide bonds. The highest BCUT2D eigenvalue weighted by Gasteiger charge is 2.33. The number of benzene rings is 2. The highest BCUT2D eigenvalue weighted by molar-refractivity contribution is 6.31. The lowest BCUT2D eigenvalue weighted by atomic mass is 9.74. The van der Waals surface area contributed by atoms with Crippen LogP contribution in [-0.4, -0.2) is 17.6 Å². The van der Waals surface area contributed by atoms with E-state index in [4.69, 9.17) is 11.6 Å². The molecule has 2 N–H and O–H groups in total. The quantitative estimate of drug-likeness (QED) is 0.569. The SMILES string of the molecule is CC1CC(C2CC(c3ccccc3)=CCN2)Cc2c1[nH]c1ccc(Cl)cc21. The van der Waals surface area contributed by atoms with Crippen molar-refractivity contribution in [3.8, 4) is 0 Å². The van der Waals surface area contributed by atoms with E-state index >= 15 is 0 Å². The Hall–Kier alpha value is -2.03. The molecule has 0 bridgehead atoms. The molecule has 0 saturated carbocycles.